The maximum atomic E-state index is 12.8. The summed E-state index contributed by atoms with van der Waals surface area (Å²) in [7, 11) is 1.28. The highest BCUT2D eigenvalue weighted by Gasteiger charge is 2.28. The number of Topliss-reactive ketones (excluding diaryl/α,β-unsaturated/α-hetero) is 1. The number of nitrogens with one attached hydrogen (secondary N) is 1. The highest BCUT2D eigenvalue weighted by molar-refractivity contribution is 7.99. The van der Waals surface area contributed by atoms with Gasteiger partial charge >= 0.3 is 11.9 Å². The molecule has 0 bridgehead atoms. The maximum Gasteiger partial charge on any atom is 0.339 e. The molecule has 2 rings (SSSR count). The lowest BCUT2D eigenvalue weighted by atomic mass is 10.1. The van der Waals surface area contributed by atoms with Crippen LogP contribution in [0, 0.1) is 13.8 Å². The number of aromatic amines is 1. The number of rotatable bonds is 7. The van der Waals surface area contributed by atoms with E-state index >= 15 is 0 Å². The smallest absolute Gasteiger partial charge is 0.339 e. The first-order valence-corrected chi connectivity index (χ1v) is 9.54. The van der Waals surface area contributed by atoms with E-state index in [9.17, 15) is 14.4 Å². The van der Waals surface area contributed by atoms with Crippen molar-refractivity contribution in [2.75, 3.05) is 12.9 Å². The van der Waals surface area contributed by atoms with Gasteiger partial charge in [0, 0.05) is 10.6 Å². The molecule has 1 N–H and O–H groups in total. The number of hydrogen-bond acceptors (Lipinski definition) is 6. The fourth-order valence-electron chi connectivity index (χ4n) is 2.80. The summed E-state index contributed by atoms with van der Waals surface area (Å²) >= 11 is 1.53. The highest BCUT2D eigenvalue weighted by Crippen LogP contribution is 2.24. The quantitative estimate of drug-likeness (QED) is 0.438. The SMILES string of the molecule is CCSc1ccccc1C(=O)O[C@H](C)C(=O)c1[nH]c(C)c(C(=O)OC)c1C. The van der Waals surface area contributed by atoms with Crippen LogP contribution in [-0.2, 0) is 9.47 Å². The number of aryl methyl sites for hydroxylation is 1. The van der Waals surface area contributed by atoms with Gasteiger partial charge in [0.05, 0.1) is 23.9 Å². The molecule has 6 nitrogen and oxygen atoms in total. The van der Waals surface area contributed by atoms with Gasteiger partial charge in [-0.25, -0.2) is 9.59 Å². The topological polar surface area (TPSA) is 85.5 Å². The van der Waals surface area contributed by atoms with Crippen molar-refractivity contribution in [1.29, 1.82) is 0 Å². The van der Waals surface area contributed by atoms with Crippen LogP contribution in [0.15, 0.2) is 29.2 Å². The Balaban J connectivity index is 2.22. The van der Waals surface area contributed by atoms with E-state index in [1.165, 1.54) is 25.8 Å². The van der Waals surface area contributed by atoms with Crippen LogP contribution in [0.3, 0.4) is 0 Å². The number of hydrogen-bond donors (Lipinski definition) is 1. The standard InChI is InChI=1S/C20H23NO5S/c1-6-27-15-10-8-7-9-14(15)19(23)26-13(4)18(22)17-11(2)16(12(3)21-17)20(24)25-5/h7-10,13,21H,6H2,1-5H3/t13-/m1/s1. The van der Waals surface area contributed by atoms with Crippen LogP contribution in [0.1, 0.15) is 56.3 Å². The highest BCUT2D eigenvalue weighted by atomic mass is 32.2. The molecule has 0 amide bonds. The minimum atomic E-state index is -1.00. The summed E-state index contributed by atoms with van der Waals surface area (Å²) in [4.78, 5) is 40.9. The molecule has 1 atom stereocenters. The van der Waals surface area contributed by atoms with Gasteiger partial charge in [0.1, 0.15) is 0 Å². The number of ketones is 1. The maximum absolute atomic E-state index is 12.8. The fourth-order valence-corrected chi connectivity index (χ4v) is 3.59. The van der Waals surface area contributed by atoms with Crippen LogP contribution in [-0.4, -0.2) is 41.7 Å². The lowest BCUT2D eigenvalue weighted by molar-refractivity contribution is 0.0313. The number of benzene rings is 1. The van der Waals surface area contributed by atoms with E-state index < -0.39 is 23.8 Å². The number of ether oxygens (including phenoxy) is 2. The Morgan fingerprint density at radius 1 is 1.15 bits per heavy atom. The molecule has 0 aliphatic heterocycles. The third-order valence-corrected chi connectivity index (χ3v) is 5.09. The molecular weight excluding hydrogens is 366 g/mol. The number of H-pyrrole nitrogens is 1. The fraction of sp³-hybridized carbons (Fsp3) is 0.350. The lowest BCUT2D eigenvalue weighted by Crippen LogP contribution is -2.25. The number of carbonyl (C=O) groups is 3. The Labute approximate surface area is 162 Å². The molecule has 27 heavy (non-hydrogen) atoms. The van der Waals surface area contributed by atoms with E-state index in [1.54, 1.807) is 26.0 Å². The molecule has 7 heteroatoms. The van der Waals surface area contributed by atoms with Crippen molar-refractivity contribution in [1.82, 2.24) is 4.98 Å². The largest absolute Gasteiger partial charge is 0.465 e. The van der Waals surface area contributed by atoms with Crippen molar-refractivity contribution in [3.05, 3.63) is 52.3 Å². The molecule has 1 heterocycles. The molecule has 0 saturated heterocycles. The zero-order valence-corrected chi connectivity index (χ0v) is 16.9. The van der Waals surface area contributed by atoms with Crippen LogP contribution in [0.25, 0.3) is 0 Å². The van der Waals surface area contributed by atoms with Crippen LogP contribution >= 0.6 is 11.8 Å². The summed E-state index contributed by atoms with van der Waals surface area (Å²) in [6.07, 6.45) is -1.00. The van der Waals surface area contributed by atoms with Gasteiger partial charge in [0.25, 0.3) is 0 Å². The molecule has 2 aromatic rings. The Morgan fingerprint density at radius 2 is 1.81 bits per heavy atom. The summed E-state index contributed by atoms with van der Waals surface area (Å²) in [5.74, 6) is -0.660. The molecule has 1 aromatic carbocycles. The predicted molar refractivity (Wildman–Crippen MR) is 104 cm³/mol. The van der Waals surface area contributed by atoms with Gasteiger partial charge in [-0.2, -0.15) is 0 Å². The second-order valence-electron chi connectivity index (χ2n) is 5.96. The van der Waals surface area contributed by atoms with Crippen LogP contribution in [0.2, 0.25) is 0 Å². The number of carbonyl (C=O) groups excluding carboxylic acids is 3. The third kappa shape index (κ3) is 4.42. The monoisotopic (exact) mass is 389 g/mol. The minimum absolute atomic E-state index is 0.240. The summed E-state index contributed by atoms with van der Waals surface area (Å²) in [5, 5.41) is 0. The van der Waals surface area contributed by atoms with E-state index in [-0.39, 0.29) is 5.69 Å². The summed E-state index contributed by atoms with van der Waals surface area (Å²) in [6, 6.07) is 7.13. The van der Waals surface area contributed by atoms with Gasteiger partial charge in [-0.05, 0) is 44.2 Å². The molecule has 0 spiro atoms. The van der Waals surface area contributed by atoms with Crippen LogP contribution < -0.4 is 0 Å². The first-order chi connectivity index (χ1) is 12.8. The summed E-state index contributed by atoms with van der Waals surface area (Å²) < 4.78 is 10.1. The van der Waals surface area contributed by atoms with Crippen LogP contribution in [0.4, 0.5) is 0 Å². The Kier molecular flexibility index (Phi) is 6.85. The van der Waals surface area contributed by atoms with Gasteiger partial charge in [-0.3, -0.25) is 4.79 Å². The Morgan fingerprint density at radius 3 is 2.44 bits per heavy atom. The number of aromatic nitrogens is 1. The van der Waals surface area contributed by atoms with Crippen molar-refractivity contribution in [2.45, 2.75) is 38.7 Å². The lowest BCUT2D eigenvalue weighted by Gasteiger charge is -2.14. The molecular formula is C20H23NO5S. The van der Waals surface area contributed by atoms with Crippen molar-refractivity contribution < 1.29 is 23.9 Å². The first kappa shape index (κ1) is 20.8. The van der Waals surface area contributed by atoms with E-state index in [0.29, 0.717) is 22.4 Å². The minimum Gasteiger partial charge on any atom is -0.465 e. The molecule has 1 aromatic heterocycles. The average Bonchev–Trinajstić information content (AvgIpc) is 2.95. The summed E-state index contributed by atoms with van der Waals surface area (Å²) in [5.41, 5.74) is 2.01. The normalized spacial score (nSPS) is 11.7. The predicted octanol–water partition coefficient (Wildman–Crippen LogP) is 3.96. The molecule has 0 unspecified atom stereocenters. The van der Waals surface area contributed by atoms with Crippen molar-refractivity contribution >= 4 is 29.5 Å². The van der Waals surface area contributed by atoms with Crippen molar-refractivity contribution in [3.63, 3.8) is 0 Å². The molecule has 0 fully saturated rings. The molecule has 0 saturated carbocycles. The average molecular weight is 389 g/mol. The second kappa shape index (κ2) is 8.90. The van der Waals surface area contributed by atoms with Crippen molar-refractivity contribution in [2.24, 2.45) is 0 Å². The zero-order valence-electron chi connectivity index (χ0n) is 16.0. The first-order valence-electron chi connectivity index (χ1n) is 8.56. The van der Waals surface area contributed by atoms with Gasteiger partial charge in [-0.1, -0.05) is 19.1 Å². The molecule has 0 radical (unpaired) electrons. The molecule has 144 valence electrons. The summed E-state index contributed by atoms with van der Waals surface area (Å²) in [6.45, 7) is 6.85. The second-order valence-corrected chi connectivity index (χ2v) is 7.26. The van der Waals surface area contributed by atoms with Crippen molar-refractivity contribution in [3.8, 4) is 0 Å². The zero-order chi connectivity index (χ0) is 20.1. The van der Waals surface area contributed by atoms with Gasteiger partial charge in [-0.15, -0.1) is 11.8 Å². The van der Waals surface area contributed by atoms with E-state index in [1.807, 2.05) is 19.1 Å². The van der Waals surface area contributed by atoms with E-state index in [0.717, 1.165) is 10.6 Å². The molecule has 0 aliphatic rings. The van der Waals surface area contributed by atoms with Gasteiger partial charge in [0.15, 0.2) is 6.10 Å². The van der Waals surface area contributed by atoms with E-state index in [4.69, 9.17) is 9.47 Å². The molecule has 0 aliphatic carbocycles. The van der Waals surface area contributed by atoms with Gasteiger partial charge in [0.2, 0.25) is 5.78 Å². The third-order valence-electron chi connectivity index (χ3n) is 4.13. The number of methoxy groups -OCH3 is 1. The number of esters is 2. The number of thioether (sulfide) groups is 1. The Bertz CT molecular complexity index is 871. The van der Waals surface area contributed by atoms with Crippen LogP contribution in [0.5, 0.6) is 0 Å². The Hall–Kier alpha value is -2.54. The van der Waals surface area contributed by atoms with E-state index in [2.05, 4.69) is 4.98 Å². The van der Waals surface area contributed by atoms with Gasteiger partial charge < -0.3 is 14.5 Å².